The molecule has 1 N–H and O–H groups in total. The van der Waals surface area contributed by atoms with Crippen LogP contribution < -0.4 is 5.32 Å². The van der Waals surface area contributed by atoms with E-state index in [1.165, 1.54) is 16.8 Å². The van der Waals surface area contributed by atoms with Crippen LogP contribution in [0.4, 0.5) is 0 Å². The van der Waals surface area contributed by atoms with E-state index < -0.39 is 10.0 Å². The van der Waals surface area contributed by atoms with Crippen molar-refractivity contribution in [3.05, 3.63) is 29.7 Å². The third-order valence-corrected chi connectivity index (χ3v) is 5.41. The number of aromatic nitrogens is 3. The van der Waals surface area contributed by atoms with E-state index in [1.54, 1.807) is 23.8 Å². The van der Waals surface area contributed by atoms with E-state index in [0.29, 0.717) is 17.8 Å². The van der Waals surface area contributed by atoms with Crippen LogP contribution in [0, 0.1) is 0 Å². The highest BCUT2D eigenvalue weighted by molar-refractivity contribution is 7.88. The predicted octanol–water partition coefficient (Wildman–Crippen LogP) is 0.575. The fourth-order valence-corrected chi connectivity index (χ4v) is 4.19. The minimum absolute atomic E-state index is 0.270. The van der Waals surface area contributed by atoms with Crippen molar-refractivity contribution in [1.82, 2.24) is 24.2 Å². The largest absolute Gasteiger partial charge is 0.355 e. The van der Waals surface area contributed by atoms with Gasteiger partial charge in [-0.1, -0.05) is 6.42 Å². The number of amides is 1. The van der Waals surface area contributed by atoms with Gasteiger partial charge in [0.2, 0.25) is 10.0 Å². The molecule has 0 unspecified atom stereocenters. The number of carbonyl (C=O) groups is 1. The fraction of sp³-hybridized carbons (Fsp3) is 0.500. The van der Waals surface area contributed by atoms with Crippen LogP contribution in [0.5, 0.6) is 0 Å². The van der Waals surface area contributed by atoms with Crippen molar-refractivity contribution in [1.29, 1.82) is 0 Å². The maximum Gasteiger partial charge on any atom is 0.256 e. The smallest absolute Gasteiger partial charge is 0.256 e. The van der Waals surface area contributed by atoms with Crippen molar-refractivity contribution >= 4 is 21.6 Å². The number of hydrogen-bond acceptors (Lipinski definition) is 5. The predicted molar refractivity (Wildman–Crippen MR) is 84.5 cm³/mol. The van der Waals surface area contributed by atoms with Gasteiger partial charge in [-0.2, -0.15) is 9.40 Å². The number of nitrogens with one attached hydrogen (secondary N) is 1. The van der Waals surface area contributed by atoms with Crippen LogP contribution in [0.2, 0.25) is 0 Å². The van der Waals surface area contributed by atoms with Gasteiger partial charge in [0, 0.05) is 19.8 Å². The second kappa shape index (κ2) is 5.89. The Hall–Kier alpha value is -2.00. The van der Waals surface area contributed by atoms with Gasteiger partial charge in [-0.25, -0.2) is 17.9 Å². The lowest BCUT2D eigenvalue weighted by molar-refractivity contribution is 0.0964. The summed E-state index contributed by atoms with van der Waals surface area (Å²) in [5.41, 5.74) is 1.53. The number of carbonyl (C=O) groups excluding carboxylic acids is 1. The molecule has 23 heavy (non-hydrogen) atoms. The quantitative estimate of drug-likeness (QED) is 0.883. The zero-order valence-corrected chi connectivity index (χ0v) is 13.9. The molecule has 2 aromatic heterocycles. The van der Waals surface area contributed by atoms with E-state index in [9.17, 15) is 13.2 Å². The molecular weight excluding hydrogens is 318 g/mol. The molecule has 0 radical (unpaired) electrons. The van der Waals surface area contributed by atoms with Gasteiger partial charge in [0.15, 0.2) is 5.65 Å². The Bertz CT molecular complexity index is 845. The van der Waals surface area contributed by atoms with E-state index in [2.05, 4.69) is 15.4 Å². The molecule has 1 aliphatic rings. The molecule has 9 heteroatoms. The monoisotopic (exact) mass is 337 g/mol. The van der Waals surface area contributed by atoms with Crippen molar-refractivity contribution in [2.24, 2.45) is 0 Å². The Morgan fingerprint density at radius 1 is 1.39 bits per heavy atom. The van der Waals surface area contributed by atoms with Gasteiger partial charge in [-0.05, 0) is 18.9 Å². The van der Waals surface area contributed by atoms with Crippen LogP contribution in [0.3, 0.4) is 0 Å². The Morgan fingerprint density at radius 3 is 2.87 bits per heavy atom. The van der Waals surface area contributed by atoms with Gasteiger partial charge in [-0.15, -0.1) is 0 Å². The summed E-state index contributed by atoms with van der Waals surface area (Å²) in [7, 11) is -1.77. The summed E-state index contributed by atoms with van der Waals surface area (Å²) in [5.74, 6) is -0.270. The van der Waals surface area contributed by atoms with Crippen LogP contribution in [-0.4, -0.2) is 53.1 Å². The molecule has 1 amide bonds. The van der Waals surface area contributed by atoms with E-state index >= 15 is 0 Å². The molecular formula is C14H19N5O3S. The highest BCUT2D eigenvalue weighted by Crippen LogP contribution is 2.32. The molecule has 1 fully saturated rings. The lowest BCUT2D eigenvalue weighted by atomic mass is 10.0. The molecule has 2 aromatic rings. The standard InChI is InChI=1S/C14H19N5O3S/c1-15-14(20)10-9-17-19-12(6-7-16-13(10)19)11-5-3-4-8-18(11)23(2,21)22/h6-7,9,11H,3-5,8H2,1-2H3,(H,15,20)/t11-/m1/s1. The minimum atomic E-state index is -3.31. The number of piperidine rings is 1. The first-order chi connectivity index (χ1) is 10.9. The van der Waals surface area contributed by atoms with Gasteiger partial charge in [0.1, 0.15) is 5.56 Å². The van der Waals surface area contributed by atoms with Gasteiger partial charge in [0.05, 0.1) is 24.2 Å². The second-order valence-electron chi connectivity index (χ2n) is 5.63. The normalized spacial score (nSPS) is 19.8. The summed E-state index contributed by atoms with van der Waals surface area (Å²) in [6.45, 7) is 0.497. The highest BCUT2D eigenvalue weighted by Gasteiger charge is 2.32. The maximum atomic E-state index is 12.1. The molecule has 3 heterocycles. The lowest BCUT2D eigenvalue weighted by Gasteiger charge is -2.33. The van der Waals surface area contributed by atoms with Crippen LogP contribution in [-0.2, 0) is 10.0 Å². The molecule has 8 nitrogen and oxygen atoms in total. The van der Waals surface area contributed by atoms with Crippen LogP contribution in [0.25, 0.3) is 5.65 Å². The van der Waals surface area contributed by atoms with Gasteiger partial charge < -0.3 is 5.32 Å². The van der Waals surface area contributed by atoms with Gasteiger partial charge >= 0.3 is 0 Å². The minimum Gasteiger partial charge on any atom is -0.355 e. The Morgan fingerprint density at radius 2 is 2.17 bits per heavy atom. The van der Waals surface area contributed by atoms with E-state index in [4.69, 9.17) is 0 Å². The lowest BCUT2D eigenvalue weighted by Crippen LogP contribution is -2.38. The number of sulfonamides is 1. The Kier molecular flexibility index (Phi) is 4.07. The van der Waals surface area contributed by atoms with E-state index in [1.807, 2.05) is 0 Å². The van der Waals surface area contributed by atoms with Gasteiger partial charge in [-0.3, -0.25) is 4.79 Å². The number of fused-ring (bicyclic) bond motifs is 1. The Labute approximate surface area is 134 Å². The van der Waals surface area contributed by atoms with Gasteiger partial charge in [0.25, 0.3) is 5.91 Å². The van der Waals surface area contributed by atoms with Crippen LogP contribution in [0.15, 0.2) is 18.5 Å². The summed E-state index contributed by atoms with van der Waals surface area (Å²) in [4.78, 5) is 16.1. The van der Waals surface area contributed by atoms with Crippen molar-refractivity contribution in [2.45, 2.75) is 25.3 Å². The molecule has 1 atom stereocenters. The molecule has 0 bridgehead atoms. The topological polar surface area (TPSA) is 96.7 Å². The summed E-state index contributed by atoms with van der Waals surface area (Å²) in [6.07, 6.45) is 6.79. The SMILES string of the molecule is CNC(=O)c1cnn2c([C@H]3CCCCN3S(C)(=O)=O)ccnc12. The highest BCUT2D eigenvalue weighted by atomic mass is 32.2. The van der Waals surface area contributed by atoms with Crippen LogP contribution in [0.1, 0.15) is 41.4 Å². The molecule has 1 saturated heterocycles. The van der Waals surface area contributed by atoms with Crippen molar-refractivity contribution in [2.75, 3.05) is 19.8 Å². The molecule has 0 aliphatic carbocycles. The second-order valence-corrected chi connectivity index (χ2v) is 7.56. The zero-order chi connectivity index (χ0) is 16.6. The average Bonchev–Trinajstić information content (AvgIpc) is 2.97. The first-order valence-corrected chi connectivity index (χ1v) is 9.30. The zero-order valence-electron chi connectivity index (χ0n) is 13.1. The first kappa shape index (κ1) is 15.9. The maximum absolute atomic E-state index is 12.1. The Balaban J connectivity index is 2.12. The molecule has 124 valence electrons. The van der Waals surface area contributed by atoms with Crippen molar-refractivity contribution in [3.8, 4) is 0 Å². The summed E-state index contributed by atoms with van der Waals surface area (Å²) in [5, 5.41) is 6.80. The fourth-order valence-electron chi connectivity index (χ4n) is 3.05. The van der Waals surface area contributed by atoms with Crippen molar-refractivity contribution < 1.29 is 13.2 Å². The summed E-state index contributed by atoms with van der Waals surface area (Å²) < 4.78 is 27.2. The molecule has 0 aromatic carbocycles. The van der Waals surface area contributed by atoms with E-state index in [-0.39, 0.29) is 11.9 Å². The number of rotatable bonds is 3. The van der Waals surface area contributed by atoms with Crippen molar-refractivity contribution in [3.63, 3.8) is 0 Å². The number of nitrogens with zero attached hydrogens (tertiary/aromatic N) is 4. The van der Waals surface area contributed by atoms with E-state index in [0.717, 1.165) is 25.0 Å². The number of hydrogen-bond donors (Lipinski definition) is 1. The molecule has 0 spiro atoms. The van der Waals surface area contributed by atoms with Crippen LogP contribution >= 0.6 is 0 Å². The summed E-state index contributed by atoms with van der Waals surface area (Å²) >= 11 is 0. The molecule has 1 aliphatic heterocycles. The third-order valence-electron chi connectivity index (χ3n) is 4.12. The third kappa shape index (κ3) is 2.81. The summed E-state index contributed by atoms with van der Waals surface area (Å²) in [6, 6.07) is 1.48. The first-order valence-electron chi connectivity index (χ1n) is 7.45. The molecule has 0 saturated carbocycles. The average molecular weight is 337 g/mol. The molecule has 3 rings (SSSR count).